The first-order valence-corrected chi connectivity index (χ1v) is 7.14. The number of aryl methyl sites for hydroxylation is 2. The zero-order valence-electron chi connectivity index (χ0n) is 10.5. The second-order valence-electron chi connectivity index (χ2n) is 4.36. The predicted octanol–water partition coefficient (Wildman–Crippen LogP) is 1.38. The van der Waals surface area contributed by atoms with Crippen molar-refractivity contribution in [2.75, 3.05) is 0 Å². The lowest BCUT2D eigenvalue weighted by atomic mass is 10.2. The van der Waals surface area contributed by atoms with Crippen LogP contribution in [0.1, 0.15) is 11.3 Å². The molecule has 0 aliphatic carbocycles. The second kappa shape index (κ2) is 3.92. The second-order valence-corrected chi connectivity index (χ2v) is 6.17. The summed E-state index contributed by atoms with van der Waals surface area (Å²) in [4.78, 5) is 4.22. The fourth-order valence-corrected chi connectivity index (χ4v) is 3.26. The van der Waals surface area contributed by atoms with Gasteiger partial charge in [0.05, 0.1) is 10.6 Å². The van der Waals surface area contributed by atoms with Gasteiger partial charge in [0.1, 0.15) is 6.33 Å². The van der Waals surface area contributed by atoms with Crippen molar-refractivity contribution in [1.29, 1.82) is 0 Å². The van der Waals surface area contributed by atoms with Gasteiger partial charge in [-0.05, 0) is 26.0 Å². The van der Waals surface area contributed by atoms with E-state index in [-0.39, 0.29) is 10.7 Å². The molecule has 3 rings (SSSR count). The van der Waals surface area contributed by atoms with Gasteiger partial charge in [-0.1, -0.05) is 17.7 Å². The number of rotatable bonds is 2. The van der Waals surface area contributed by atoms with E-state index in [4.69, 9.17) is 0 Å². The minimum atomic E-state index is -3.64. The standard InChI is InChI=1S/C12H12N4O2S/c1-9-3-5-11(6-4-9)19(17,18)15-7-10(2)16-12(15)13-8-14-16/h3-8H,1-2H3. The average molecular weight is 276 g/mol. The number of hydrogen-bond acceptors (Lipinski definition) is 4. The molecular weight excluding hydrogens is 264 g/mol. The lowest BCUT2D eigenvalue weighted by Crippen LogP contribution is -2.12. The smallest absolute Gasteiger partial charge is 0.206 e. The number of nitrogens with zero attached hydrogens (tertiary/aromatic N) is 4. The van der Waals surface area contributed by atoms with Crippen molar-refractivity contribution in [3.05, 3.63) is 48.0 Å². The van der Waals surface area contributed by atoms with Gasteiger partial charge in [0.15, 0.2) is 0 Å². The molecule has 0 amide bonds. The van der Waals surface area contributed by atoms with Crippen LogP contribution in [0.25, 0.3) is 5.78 Å². The Kier molecular flexibility index (Phi) is 2.46. The van der Waals surface area contributed by atoms with Crippen LogP contribution in [0, 0.1) is 13.8 Å². The Balaban J connectivity index is 2.25. The normalized spacial score (nSPS) is 12.1. The Labute approximate surface area is 110 Å². The van der Waals surface area contributed by atoms with Crippen LogP contribution in [0.15, 0.2) is 41.7 Å². The Morgan fingerprint density at radius 2 is 1.79 bits per heavy atom. The largest absolute Gasteiger partial charge is 0.270 e. The van der Waals surface area contributed by atoms with E-state index < -0.39 is 10.0 Å². The first-order chi connectivity index (χ1) is 9.00. The highest BCUT2D eigenvalue weighted by Crippen LogP contribution is 2.18. The summed E-state index contributed by atoms with van der Waals surface area (Å²) < 4.78 is 27.7. The van der Waals surface area contributed by atoms with Crippen LogP contribution in [0.5, 0.6) is 0 Å². The van der Waals surface area contributed by atoms with Crippen LogP contribution in [-0.2, 0) is 10.0 Å². The molecule has 0 spiro atoms. The molecule has 0 bridgehead atoms. The van der Waals surface area contributed by atoms with Crippen LogP contribution in [0.2, 0.25) is 0 Å². The SMILES string of the molecule is Cc1ccc(S(=O)(=O)n2cc(C)n3ncnc23)cc1. The molecule has 1 aromatic carbocycles. The topological polar surface area (TPSA) is 69.3 Å². The summed E-state index contributed by atoms with van der Waals surface area (Å²) >= 11 is 0. The van der Waals surface area contributed by atoms with E-state index in [1.165, 1.54) is 17.0 Å². The van der Waals surface area contributed by atoms with Crippen molar-refractivity contribution in [2.45, 2.75) is 18.7 Å². The van der Waals surface area contributed by atoms with Crippen molar-refractivity contribution in [2.24, 2.45) is 0 Å². The molecule has 0 saturated heterocycles. The third-order valence-corrected chi connectivity index (χ3v) is 4.60. The van der Waals surface area contributed by atoms with Gasteiger partial charge >= 0.3 is 0 Å². The maximum Gasteiger partial charge on any atom is 0.270 e. The summed E-state index contributed by atoms with van der Waals surface area (Å²) in [7, 11) is -3.64. The van der Waals surface area contributed by atoms with E-state index in [1.54, 1.807) is 31.2 Å². The first-order valence-electron chi connectivity index (χ1n) is 5.70. The lowest BCUT2D eigenvalue weighted by molar-refractivity contribution is 0.588. The van der Waals surface area contributed by atoms with Crippen LogP contribution in [-0.4, -0.2) is 27.0 Å². The fraction of sp³-hybridized carbons (Fsp3) is 0.167. The molecule has 2 aromatic heterocycles. The molecule has 3 aromatic rings. The highest BCUT2D eigenvalue weighted by atomic mass is 32.2. The number of benzene rings is 1. The summed E-state index contributed by atoms with van der Waals surface area (Å²) in [6, 6.07) is 6.72. The molecule has 19 heavy (non-hydrogen) atoms. The van der Waals surface area contributed by atoms with Crippen molar-refractivity contribution >= 4 is 15.8 Å². The molecule has 0 radical (unpaired) electrons. The molecule has 0 aliphatic heterocycles. The Hall–Kier alpha value is -2.15. The minimum absolute atomic E-state index is 0.235. The van der Waals surface area contributed by atoms with Gasteiger partial charge < -0.3 is 0 Å². The molecule has 6 nitrogen and oxygen atoms in total. The van der Waals surface area contributed by atoms with E-state index in [1.807, 2.05) is 6.92 Å². The summed E-state index contributed by atoms with van der Waals surface area (Å²) in [6.45, 7) is 3.69. The molecule has 0 N–H and O–H groups in total. The maximum absolute atomic E-state index is 12.6. The van der Waals surface area contributed by atoms with E-state index in [2.05, 4.69) is 10.1 Å². The maximum atomic E-state index is 12.6. The van der Waals surface area contributed by atoms with Gasteiger partial charge in [-0.3, -0.25) is 0 Å². The molecule has 7 heteroatoms. The molecular formula is C12H12N4O2S. The highest BCUT2D eigenvalue weighted by Gasteiger charge is 2.21. The van der Waals surface area contributed by atoms with Gasteiger partial charge in [-0.25, -0.2) is 16.9 Å². The average Bonchev–Trinajstić information content (AvgIpc) is 2.94. The van der Waals surface area contributed by atoms with Crippen molar-refractivity contribution in [3.63, 3.8) is 0 Å². The van der Waals surface area contributed by atoms with E-state index >= 15 is 0 Å². The minimum Gasteiger partial charge on any atom is -0.206 e. The van der Waals surface area contributed by atoms with Gasteiger partial charge in [0, 0.05) is 6.20 Å². The van der Waals surface area contributed by atoms with Gasteiger partial charge in [-0.15, -0.1) is 0 Å². The summed E-state index contributed by atoms with van der Waals surface area (Å²) in [5.41, 5.74) is 1.72. The Morgan fingerprint density at radius 3 is 2.47 bits per heavy atom. The monoisotopic (exact) mass is 276 g/mol. The number of hydrogen-bond donors (Lipinski definition) is 0. The molecule has 2 heterocycles. The number of aromatic nitrogens is 4. The lowest BCUT2D eigenvalue weighted by Gasteiger charge is -2.05. The van der Waals surface area contributed by atoms with E-state index in [0.29, 0.717) is 5.69 Å². The van der Waals surface area contributed by atoms with Crippen LogP contribution in [0.4, 0.5) is 0 Å². The Bertz CT molecular complexity index is 844. The van der Waals surface area contributed by atoms with Gasteiger partial charge in [-0.2, -0.15) is 10.1 Å². The summed E-state index contributed by atoms with van der Waals surface area (Å²) in [6.07, 6.45) is 2.86. The zero-order valence-corrected chi connectivity index (χ0v) is 11.3. The number of imidazole rings is 1. The van der Waals surface area contributed by atoms with Crippen LogP contribution >= 0.6 is 0 Å². The molecule has 0 atom stereocenters. The van der Waals surface area contributed by atoms with Crippen molar-refractivity contribution in [1.82, 2.24) is 18.6 Å². The van der Waals surface area contributed by atoms with E-state index in [9.17, 15) is 8.42 Å². The fourth-order valence-electron chi connectivity index (χ4n) is 1.92. The van der Waals surface area contributed by atoms with Crippen LogP contribution < -0.4 is 0 Å². The van der Waals surface area contributed by atoms with Gasteiger partial charge in [0.2, 0.25) is 5.78 Å². The predicted molar refractivity (Wildman–Crippen MR) is 69.5 cm³/mol. The van der Waals surface area contributed by atoms with Crippen molar-refractivity contribution < 1.29 is 8.42 Å². The zero-order chi connectivity index (χ0) is 13.6. The van der Waals surface area contributed by atoms with Crippen LogP contribution in [0.3, 0.4) is 0 Å². The summed E-state index contributed by atoms with van der Waals surface area (Å²) in [5, 5.41) is 3.98. The quantitative estimate of drug-likeness (QED) is 0.709. The molecule has 0 fully saturated rings. The summed E-state index contributed by atoms with van der Waals surface area (Å²) in [5.74, 6) is 0.290. The van der Waals surface area contributed by atoms with Crippen molar-refractivity contribution in [3.8, 4) is 0 Å². The number of fused-ring (bicyclic) bond motifs is 1. The highest BCUT2D eigenvalue weighted by molar-refractivity contribution is 7.90. The molecule has 0 unspecified atom stereocenters. The van der Waals surface area contributed by atoms with Gasteiger partial charge in [0.25, 0.3) is 10.0 Å². The third-order valence-electron chi connectivity index (χ3n) is 2.94. The third kappa shape index (κ3) is 1.74. The molecule has 0 saturated carbocycles. The molecule has 98 valence electrons. The molecule has 0 aliphatic rings. The Morgan fingerprint density at radius 1 is 1.11 bits per heavy atom. The van der Waals surface area contributed by atoms with E-state index in [0.717, 1.165) is 9.54 Å². The first kappa shape index (κ1) is 11.9.